The number of hydrogen-bond donors (Lipinski definition) is 2. The van der Waals surface area contributed by atoms with Gasteiger partial charge < -0.3 is 10.2 Å². The van der Waals surface area contributed by atoms with E-state index >= 15 is 0 Å². The van der Waals surface area contributed by atoms with Crippen LogP contribution in [0.1, 0.15) is 13.8 Å². The lowest BCUT2D eigenvalue weighted by Gasteiger charge is -2.20. The molecule has 0 aromatic heterocycles. The second-order valence-electron chi connectivity index (χ2n) is 2.82. The zero-order valence-electron chi connectivity index (χ0n) is 6.62. The Bertz CT molecular complexity index is 99.4. The summed E-state index contributed by atoms with van der Waals surface area (Å²) >= 11 is 0. The van der Waals surface area contributed by atoms with E-state index in [9.17, 15) is 5.11 Å². The quantitative estimate of drug-likeness (QED) is 0.573. The summed E-state index contributed by atoms with van der Waals surface area (Å²) in [7, 11) is 0. The van der Waals surface area contributed by atoms with Crippen LogP contribution >= 0.6 is 0 Å². The molecule has 10 heavy (non-hydrogen) atoms. The van der Waals surface area contributed by atoms with Crippen molar-refractivity contribution in [1.29, 1.82) is 0 Å². The predicted octanol–water partition coefficient (Wildman–Crippen LogP) is 0.798. The van der Waals surface area contributed by atoms with Gasteiger partial charge in [-0.05, 0) is 5.92 Å². The van der Waals surface area contributed by atoms with Crippen LogP contribution in [0, 0.1) is 11.8 Å². The van der Waals surface area contributed by atoms with E-state index in [0.29, 0.717) is 0 Å². The van der Waals surface area contributed by atoms with Crippen molar-refractivity contribution in [3.05, 3.63) is 12.7 Å². The lowest BCUT2D eigenvalue weighted by Crippen LogP contribution is -2.26. The summed E-state index contributed by atoms with van der Waals surface area (Å²) < 4.78 is 0. The van der Waals surface area contributed by atoms with Crippen LogP contribution in [0.4, 0.5) is 0 Å². The SMILES string of the molecule is C=C[C@H](CO)[C@@H](O)C(C)C. The maximum atomic E-state index is 9.35. The van der Waals surface area contributed by atoms with Gasteiger partial charge in [0.2, 0.25) is 0 Å². The highest BCUT2D eigenvalue weighted by Gasteiger charge is 2.17. The molecule has 0 amide bonds. The van der Waals surface area contributed by atoms with Gasteiger partial charge in [-0.25, -0.2) is 0 Å². The Labute approximate surface area is 62.2 Å². The third-order valence-electron chi connectivity index (χ3n) is 1.64. The molecule has 0 aliphatic heterocycles. The summed E-state index contributed by atoms with van der Waals surface area (Å²) in [6.07, 6.45) is 1.12. The van der Waals surface area contributed by atoms with Gasteiger partial charge >= 0.3 is 0 Å². The van der Waals surface area contributed by atoms with E-state index in [2.05, 4.69) is 6.58 Å². The van der Waals surface area contributed by atoms with E-state index in [0.717, 1.165) is 0 Å². The van der Waals surface area contributed by atoms with Crippen LogP contribution in [-0.2, 0) is 0 Å². The van der Waals surface area contributed by atoms with Crippen LogP contribution in [0.2, 0.25) is 0 Å². The van der Waals surface area contributed by atoms with Gasteiger partial charge in [-0.15, -0.1) is 6.58 Å². The molecule has 0 unspecified atom stereocenters. The summed E-state index contributed by atoms with van der Waals surface area (Å²) in [5.41, 5.74) is 0. The molecule has 0 aliphatic carbocycles. The van der Waals surface area contributed by atoms with Crippen LogP contribution in [0.15, 0.2) is 12.7 Å². The Kier molecular flexibility index (Phi) is 4.32. The summed E-state index contributed by atoms with van der Waals surface area (Å²) in [6.45, 7) is 7.32. The van der Waals surface area contributed by atoms with E-state index < -0.39 is 6.10 Å². The van der Waals surface area contributed by atoms with Crippen LogP contribution in [0.3, 0.4) is 0 Å². The highest BCUT2D eigenvalue weighted by Crippen LogP contribution is 2.12. The zero-order chi connectivity index (χ0) is 8.15. The fourth-order valence-corrected chi connectivity index (χ4v) is 0.816. The third kappa shape index (κ3) is 2.50. The molecule has 0 aromatic rings. The van der Waals surface area contributed by atoms with Crippen molar-refractivity contribution >= 4 is 0 Å². The Balaban J connectivity index is 3.87. The maximum absolute atomic E-state index is 9.35. The molecule has 0 aromatic carbocycles. The molecule has 0 heterocycles. The van der Waals surface area contributed by atoms with Crippen molar-refractivity contribution in [3.63, 3.8) is 0 Å². The van der Waals surface area contributed by atoms with Crippen molar-refractivity contribution in [2.45, 2.75) is 20.0 Å². The Morgan fingerprint density at radius 3 is 2.10 bits per heavy atom. The normalized spacial score (nSPS) is 16.9. The topological polar surface area (TPSA) is 40.5 Å². The van der Waals surface area contributed by atoms with E-state index in [1.165, 1.54) is 0 Å². The minimum absolute atomic E-state index is 0.0250. The highest BCUT2D eigenvalue weighted by molar-refractivity contribution is 4.85. The molecule has 0 saturated heterocycles. The number of rotatable bonds is 4. The number of aliphatic hydroxyl groups is 2. The van der Waals surface area contributed by atoms with Gasteiger partial charge in [-0.3, -0.25) is 0 Å². The van der Waals surface area contributed by atoms with Crippen LogP contribution in [0.25, 0.3) is 0 Å². The molecule has 0 aliphatic rings. The van der Waals surface area contributed by atoms with Gasteiger partial charge in [0, 0.05) is 5.92 Å². The van der Waals surface area contributed by atoms with Gasteiger partial charge in [0.25, 0.3) is 0 Å². The van der Waals surface area contributed by atoms with Gasteiger partial charge in [-0.1, -0.05) is 19.9 Å². The van der Waals surface area contributed by atoms with Gasteiger partial charge in [0.1, 0.15) is 0 Å². The minimum Gasteiger partial charge on any atom is -0.396 e. The van der Waals surface area contributed by atoms with Crippen molar-refractivity contribution in [1.82, 2.24) is 0 Å². The van der Waals surface area contributed by atoms with E-state index in [1.54, 1.807) is 6.08 Å². The van der Waals surface area contributed by atoms with Crippen molar-refractivity contribution in [2.24, 2.45) is 11.8 Å². The fourth-order valence-electron chi connectivity index (χ4n) is 0.816. The zero-order valence-corrected chi connectivity index (χ0v) is 6.62. The first kappa shape index (κ1) is 9.66. The fraction of sp³-hybridized carbons (Fsp3) is 0.750. The average Bonchev–Trinajstić information content (AvgIpc) is 1.90. The lowest BCUT2D eigenvalue weighted by molar-refractivity contribution is 0.0559. The molecular weight excluding hydrogens is 128 g/mol. The molecule has 0 saturated carbocycles. The molecule has 60 valence electrons. The molecule has 2 atom stereocenters. The van der Waals surface area contributed by atoms with Crippen molar-refractivity contribution < 1.29 is 10.2 Å². The molecule has 0 bridgehead atoms. The molecular formula is C8H16O2. The number of hydrogen-bond acceptors (Lipinski definition) is 2. The third-order valence-corrected chi connectivity index (χ3v) is 1.64. The first-order valence-electron chi connectivity index (χ1n) is 3.55. The van der Waals surface area contributed by atoms with E-state index in [1.807, 2.05) is 13.8 Å². The Morgan fingerprint density at radius 2 is 2.00 bits per heavy atom. The number of aliphatic hydroxyl groups excluding tert-OH is 2. The van der Waals surface area contributed by atoms with Gasteiger partial charge in [-0.2, -0.15) is 0 Å². The Morgan fingerprint density at radius 1 is 1.50 bits per heavy atom. The second-order valence-corrected chi connectivity index (χ2v) is 2.82. The van der Waals surface area contributed by atoms with Crippen molar-refractivity contribution in [3.8, 4) is 0 Å². The standard InChI is InChI=1S/C8H16O2/c1-4-7(5-9)8(10)6(2)3/h4,6-10H,1,5H2,2-3H3/t7-,8+/m1/s1. The smallest absolute Gasteiger partial charge is 0.0647 e. The molecule has 0 radical (unpaired) electrons. The molecule has 2 nitrogen and oxygen atoms in total. The molecule has 0 spiro atoms. The van der Waals surface area contributed by atoms with Crippen LogP contribution < -0.4 is 0 Å². The molecule has 2 N–H and O–H groups in total. The summed E-state index contributed by atoms with van der Waals surface area (Å²) in [5.74, 6) is -0.00449. The maximum Gasteiger partial charge on any atom is 0.0647 e. The van der Waals surface area contributed by atoms with Crippen LogP contribution in [-0.4, -0.2) is 22.9 Å². The molecule has 0 fully saturated rings. The first-order valence-corrected chi connectivity index (χ1v) is 3.55. The van der Waals surface area contributed by atoms with Crippen molar-refractivity contribution in [2.75, 3.05) is 6.61 Å². The van der Waals surface area contributed by atoms with Crippen LogP contribution in [0.5, 0.6) is 0 Å². The largest absolute Gasteiger partial charge is 0.396 e. The second kappa shape index (κ2) is 4.47. The summed E-state index contributed by atoms with van der Waals surface area (Å²) in [4.78, 5) is 0. The van der Waals surface area contributed by atoms with E-state index in [-0.39, 0.29) is 18.4 Å². The average molecular weight is 144 g/mol. The van der Waals surface area contributed by atoms with Gasteiger partial charge in [0.15, 0.2) is 0 Å². The minimum atomic E-state index is -0.470. The monoisotopic (exact) mass is 144 g/mol. The lowest BCUT2D eigenvalue weighted by atomic mass is 9.94. The molecule has 2 heteroatoms. The highest BCUT2D eigenvalue weighted by atomic mass is 16.3. The summed E-state index contributed by atoms with van der Waals surface area (Å²) in [6, 6.07) is 0. The predicted molar refractivity (Wildman–Crippen MR) is 41.6 cm³/mol. The molecule has 0 rings (SSSR count). The summed E-state index contributed by atoms with van der Waals surface area (Å²) in [5, 5.41) is 18.1. The Hall–Kier alpha value is -0.340. The first-order chi connectivity index (χ1) is 4.63. The van der Waals surface area contributed by atoms with E-state index in [4.69, 9.17) is 5.11 Å². The van der Waals surface area contributed by atoms with Gasteiger partial charge in [0.05, 0.1) is 12.7 Å².